The van der Waals surface area contributed by atoms with E-state index in [1.807, 2.05) is 30.3 Å². The zero-order valence-electron chi connectivity index (χ0n) is 15.9. The van der Waals surface area contributed by atoms with Gasteiger partial charge in [0.2, 0.25) is 5.91 Å². The highest BCUT2D eigenvalue weighted by molar-refractivity contribution is 5.84. The quantitative estimate of drug-likeness (QED) is 0.819. The minimum absolute atomic E-state index is 0.0448. The van der Waals surface area contributed by atoms with E-state index in [0.29, 0.717) is 37.5 Å². The second-order valence-electron chi connectivity index (χ2n) is 7.84. The van der Waals surface area contributed by atoms with E-state index in [4.69, 9.17) is 4.42 Å². The second-order valence-corrected chi connectivity index (χ2v) is 7.84. The van der Waals surface area contributed by atoms with Crippen molar-refractivity contribution in [1.82, 2.24) is 9.88 Å². The summed E-state index contributed by atoms with van der Waals surface area (Å²) < 4.78 is 5.79. The Labute approximate surface area is 164 Å². The number of carbonyl (C=O) groups excluding carboxylic acids is 1. The van der Waals surface area contributed by atoms with E-state index in [9.17, 15) is 14.7 Å². The van der Waals surface area contributed by atoms with Gasteiger partial charge in [-0.25, -0.2) is 9.78 Å². The molecule has 28 heavy (non-hydrogen) atoms. The van der Waals surface area contributed by atoms with E-state index < -0.39 is 12.0 Å². The Morgan fingerprint density at radius 3 is 2.75 bits per heavy atom. The number of amides is 1. The van der Waals surface area contributed by atoms with Crippen LogP contribution in [0.3, 0.4) is 0 Å². The molecule has 0 spiro atoms. The van der Waals surface area contributed by atoms with Crippen molar-refractivity contribution in [1.29, 1.82) is 0 Å². The Bertz CT molecular complexity index is 832. The van der Waals surface area contributed by atoms with Gasteiger partial charge in [0.05, 0.1) is 6.20 Å². The number of rotatable bonds is 6. The number of aromatic nitrogens is 1. The molecule has 1 amide bonds. The van der Waals surface area contributed by atoms with Crippen LogP contribution in [0.1, 0.15) is 50.8 Å². The van der Waals surface area contributed by atoms with Crippen LogP contribution in [0.15, 0.2) is 40.9 Å². The van der Waals surface area contributed by atoms with Gasteiger partial charge in [-0.05, 0) is 31.6 Å². The first-order chi connectivity index (χ1) is 13.6. The molecular formula is C22H26N2O4. The highest BCUT2D eigenvalue weighted by atomic mass is 16.4. The Kier molecular flexibility index (Phi) is 5.46. The summed E-state index contributed by atoms with van der Waals surface area (Å²) in [4.78, 5) is 30.5. The maximum Gasteiger partial charge on any atom is 0.326 e. The number of oxazole rings is 1. The fraction of sp³-hybridized carbons (Fsp3) is 0.500. The van der Waals surface area contributed by atoms with Crippen LogP contribution in [0, 0.1) is 5.92 Å². The lowest BCUT2D eigenvalue weighted by atomic mass is 9.84. The summed E-state index contributed by atoms with van der Waals surface area (Å²) in [5.74, 6) is 0.759. The molecule has 1 aliphatic heterocycles. The van der Waals surface area contributed by atoms with Gasteiger partial charge < -0.3 is 14.4 Å². The van der Waals surface area contributed by atoms with Crippen LogP contribution in [0.25, 0.3) is 11.3 Å². The van der Waals surface area contributed by atoms with Crippen LogP contribution in [0.5, 0.6) is 0 Å². The van der Waals surface area contributed by atoms with Gasteiger partial charge in [-0.3, -0.25) is 4.79 Å². The lowest BCUT2D eigenvalue weighted by Crippen LogP contribution is -2.46. The molecule has 1 aliphatic carbocycles. The maximum absolute atomic E-state index is 12.8. The van der Waals surface area contributed by atoms with Crippen LogP contribution in [-0.4, -0.2) is 39.0 Å². The van der Waals surface area contributed by atoms with Gasteiger partial charge in [-0.15, -0.1) is 0 Å². The van der Waals surface area contributed by atoms with Gasteiger partial charge in [-0.1, -0.05) is 43.2 Å². The third kappa shape index (κ3) is 3.81. The molecule has 3 unspecified atom stereocenters. The summed E-state index contributed by atoms with van der Waals surface area (Å²) in [6, 6.07) is 9.22. The lowest BCUT2D eigenvalue weighted by molar-refractivity contribution is -0.149. The zero-order valence-corrected chi connectivity index (χ0v) is 15.9. The minimum Gasteiger partial charge on any atom is -0.480 e. The Balaban J connectivity index is 1.35. The van der Waals surface area contributed by atoms with Crippen LogP contribution in [-0.2, 0) is 16.0 Å². The van der Waals surface area contributed by atoms with Crippen molar-refractivity contribution >= 4 is 11.9 Å². The number of likely N-dealkylation sites (tertiary alicyclic amines) is 1. The van der Waals surface area contributed by atoms with Crippen molar-refractivity contribution in [2.24, 2.45) is 5.92 Å². The molecule has 1 aromatic carbocycles. The molecule has 2 aromatic rings. The van der Waals surface area contributed by atoms with Crippen molar-refractivity contribution < 1.29 is 19.1 Å². The first-order valence-electron chi connectivity index (χ1n) is 10.2. The predicted molar refractivity (Wildman–Crippen MR) is 104 cm³/mol. The number of hydrogen-bond acceptors (Lipinski definition) is 4. The summed E-state index contributed by atoms with van der Waals surface area (Å²) in [5, 5.41) is 9.58. The van der Waals surface area contributed by atoms with E-state index in [0.717, 1.165) is 37.0 Å². The van der Waals surface area contributed by atoms with E-state index in [1.165, 1.54) is 0 Å². The number of aliphatic carboxylic acids is 1. The largest absolute Gasteiger partial charge is 0.480 e. The standard InChI is InChI=1S/C22H26N2O4/c25-21(24-17-10-5-4-9-16(17)13-18(24)22(26)27)12-6-11-20-23-14-19(28-20)15-7-2-1-3-8-15/h1-3,7-8,14,16-18H,4-6,9-13H2,(H,26,27). The molecule has 148 valence electrons. The zero-order chi connectivity index (χ0) is 19.5. The lowest BCUT2D eigenvalue weighted by Gasteiger charge is -2.33. The number of carboxylic acid groups (broad SMARTS) is 1. The molecule has 1 N–H and O–H groups in total. The summed E-state index contributed by atoms with van der Waals surface area (Å²) in [7, 11) is 0. The third-order valence-electron chi connectivity index (χ3n) is 6.05. The molecule has 2 fully saturated rings. The highest BCUT2D eigenvalue weighted by Crippen LogP contribution is 2.40. The van der Waals surface area contributed by atoms with Crippen LogP contribution in [0.4, 0.5) is 0 Å². The third-order valence-corrected chi connectivity index (χ3v) is 6.05. The number of nitrogens with zero attached hydrogens (tertiary/aromatic N) is 2. The van der Waals surface area contributed by atoms with Crippen LogP contribution < -0.4 is 0 Å². The number of carboxylic acids is 1. The molecule has 0 radical (unpaired) electrons. The number of hydrogen-bond donors (Lipinski definition) is 1. The molecule has 1 saturated heterocycles. The van der Waals surface area contributed by atoms with E-state index >= 15 is 0 Å². The van der Waals surface area contributed by atoms with Crippen molar-refractivity contribution in [3.63, 3.8) is 0 Å². The fourth-order valence-corrected chi connectivity index (χ4v) is 4.72. The van der Waals surface area contributed by atoms with Gasteiger partial charge >= 0.3 is 5.97 Å². The summed E-state index contributed by atoms with van der Waals surface area (Å²) in [6.07, 6.45) is 8.00. The smallest absolute Gasteiger partial charge is 0.326 e. The molecule has 1 aromatic heterocycles. The molecule has 0 bridgehead atoms. The maximum atomic E-state index is 12.8. The van der Waals surface area contributed by atoms with Gasteiger partial charge in [0, 0.05) is 24.4 Å². The first kappa shape index (κ1) is 18.7. The fourth-order valence-electron chi connectivity index (χ4n) is 4.72. The van der Waals surface area contributed by atoms with Crippen molar-refractivity contribution in [3.8, 4) is 11.3 Å². The van der Waals surface area contributed by atoms with Crippen LogP contribution >= 0.6 is 0 Å². The van der Waals surface area contributed by atoms with Gasteiger partial charge in [0.25, 0.3) is 0 Å². The molecule has 3 atom stereocenters. The van der Waals surface area contributed by atoms with E-state index in [-0.39, 0.29) is 11.9 Å². The van der Waals surface area contributed by atoms with Crippen LogP contribution in [0.2, 0.25) is 0 Å². The SMILES string of the molecule is O=C(O)C1CC2CCCCC2N1C(=O)CCCc1ncc(-c2ccccc2)o1. The van der Waals surface area contributed by atoms with Crippen molar-refractivity contribution in [2.75, 3.05) is 0 Å². The highest BCUT2D eigenvalue weighted by Gasteiger charge is 2.47. The number of aryl methyl sites for hydroxylation is 1. The number of benzene rings is 1. The first-order valence-corrected chi connectivity index (χ1v) is 10.2. The molecular weight excluding hydrogens is 356 g/mol. The second kappa shape index (κ2) is 8.17. The molecule has 2 heterocycles. The van der Waals surface area contributed by atoms with Crippen molar-refractivity contribution in [2.45, 2.75) is 63.5 Å². The molecule has 1 saturated carbocycles. The summed E-state index contributed by atoms with van der Waals surface area (Å²) in [5.41, 5.74) is 0.974. The Hall–Kier alpha value is -2.63. The average molecular weight is 382 g/mol. The molecule has 6 nitrogen and oxygen atoms in total. The monoisotopic (exact) mass is 382 g/mol. The number of fused-ring (bicyclic) bond motifs is 1. The predicted octanol–water partition coefficient (Wildman–Crippen LogP) is 3.91. The topological polar surface area (TPSA) is 83.6 Å². The summed E-state index contributed by atoms with van der Waals surface area (Å²) in [6.45, 7) is 0. The normalized spacial score (nSPS) is 24.1. The molecule has 2 aliphatic rings. The van der Waals surface area contributed by atoms with E-state index in [1.54, 1.807) is 11.1 Å². The van der Waals surface area contributed by atoms with Gasteiger partial charge in [0.1, 0.15) is 6.04 Å². The van der Waals surface area contributed by atoms with Gasteiger partial charge in [0.15, 0.2) is 11.7 Å². The molecule has 4 rings (SSSR count). The van der Waals surface area contributed by atoms with Gasteiger partial charge in [-0.2, -0.15) is 0 Å². The molecule has 6 heteroatoms. The minimum atomic E-state index is -0.872. The van der Waals surface area contributed by atoms with E-state index in [2.05, 4.69) is 4.98 Å². The Morgan fingerprint density at radius 2 is 1.96 bits per heavy atom. The summed E-state index contributed by atoms with van der Waals surface area (Å²) >= 11 is 0. The number of carbonyl (C=O) groups is 2. The van der Waals surface area contributed by atoms with Crippen molar-refractivity contribution in [3.05, 3.63) is 42.4 Å². The Morgan fingerprint density at radius 1 is 1.18 bits per heavy atom. The average Bonchev–Trinajstić information content (AvgIpc) is 3.33.